The Bertz CT molecular complexity index is 1830. The van der Waals surface area contributed by atoms with Gasteiger partial charge < -0.3 is 56.0 Å². The van der Waals surface area contributed by atoms with Crippen molar-refractivity contribution in [3.05, 3.63) is 12.7 Å². The third-order valence-corrected chi connectivity index (χ3v) is 11.8. The average Bonchev–Trinajstić information content (AvgIpc) is 3.64. The Morgan fingerprint density at radius 2 is 1.70 bits per heavy atom. The Hall–Kier alpha value is -2.48. The van der Waals surface area contributed by atoms with E-state index < -0.39 is 95.8 Å². The number of hydrogen-bond donors (Lipinski definition) is 10. The normalized spacial score (nSPS) is 22.4. The topological polar surface area (TPSA) is 384 Å². The SMILES string of the molecule is CC(C)C[C@@H](O)C(=O)SCCNC(=O)CCNC(=O)[C@H](O)C(C)(C)COP(=O)(O)OP(=O)(O)OC[C@H]1O[C@@H](n2cnc3c(N)ncnc32)[C@H](O)[C@@H]1OP(=O)(O)O. The van der Waals surface area contributed by atoms with Crippen LogP contribution in [0.3, 0.4) is 0 Å². The van der Waals surface area contributed by atoms with Crippen molar-refractivity contribution in [1.82, 2.24) is 30.2 Å². The van der Waals surface area contributed by atoms with E-state index in [1.54, 1.807) is 0 Å². The van der Waals surface area contributed by atoms with Gasteiger partial charge in [0.05, 0.1) is 19.5 Å². The van der Waals surface area contributed by atoms with Crippen LogP contribution in [-0.4, -0.2) is 134 Å². The van der Waals surface area contributed by atoms with E-state index in [0.717, 1.165) is 29.0 Å². The molecule has 1 aliphatic rings. The number of aromatic nitrogens is 4. The largest absolute Gasteiger partial charge is 0.481 e. The van der Waals surface area contributed by atoms with Gasteiger partial charge in [-0.2, -0.15) is 4.31 Å². The first-order valence-corrected chi connectivity index (χ1v) is 22.1. The molecule has 1 fully saturated rings. The number of anilines is 1. The van der Waals surface area contributed by atoms with Crippen molar-refractivity contribution in [2.24, 2.45) is 11.3 Å². The van der Waals surface area contributed by atoms with Crippen molar-refractivity contribution < 1.29 is 85.6 Å². The summed E-state index contributed by atoms with van der Waals surface area (Å²) in [6.45, 7) is 4.04. The number of nitrogens with zero attached hydrogens (tertiary/aromatic N) is 4. The van der Waals surface area contributed by atoms with Crippen LogP contribution in [-0.2, 0) is 50.7 Å². The van der Waals surface area contributed by atoms with E-state index in [-0.39, 0.29) is 48.2 Å². The average molecular weight is 882 g/mol. The number of nitrogens with one attached hydrogen (secondary N) is 2. The van der Waals surface area contributed by atoms with Gasteiger partial charge in [0.2, 0.25) is 16.9 Å². The van der Waals surface area contributed by atoms with Crippen LogP contribution in [0.25, 0.3) is 11.2 Å². The number of hydrogen-bond acceptors (Lipinski definition) is 19. The number of rotatable bonds is 22. The molecule has 2 unspecified atom stereocenters. The number of phosphoric acid groups is 3. The molecule has 0 spiro atoms. The van der Waals surface area contributed by atoms with Crippen LogP contribution in [0.4, 0.5) is 5.82 Å². The fraction of sp³-hybridized carbons (Fsp3) is 0.704. The number of amides is 2. The third kappa shape index (κ3) is 14.4. The number of ether oxygens (including phenoxy) is 1. The Morgan fingerprint density at radius 1 is 1.04 bits per heavy atom. The van der Waals surface area contributed by atoms with E-state index in [1.165, 1.54) is 13.8 Å². The van der Waals surface area contributed by atoms with Crippen LogP contribution < -0.4 is 16.4 Å². The number of nitrogens with two attached hydrogens (primary N) is 1. The molecule has 2 aromatic rings. The van der Waals surface area contributed by atoms with Crippen molar-refractivity contribution in [1.29, 1.82) is 0 Å². The number of carbonyl (C=O) groups excluding carboxylic acids is 3. The summed E-state index contributed by atoms with van der Waals surface area (Å²) < 4.78 is 62.0. The van der Waals surface area contributed by atoms with Gasteiger partial charge in [-0.05, 0) is 12.3 Å². The molecule has 0 radical (unpaired) electrons. The third-order valence-electron chi connectivity index (χ3n) is 7.71. The second-order valence-electron chi connectivity index (χ2n) is 13.4. The van der Waals surface area contributed by atoms with E-state index in [9.17, 15) is 63.0 Å². The molecule has 1 aliphatic heterocycles. The predicted octanol–water partition coefficient (Wildman–Crippen LogP) is -0.928. The second kappa shape index (κ2) is 20.0. The van der Waals surface area contributed by atoms with Crippen molar-refractivity contribution in [2.75, 3.05) is 37.8 Å². The highest BCUT2D eigenvalue weighted by Crippen LogP contribution is 2.61. The summed E-state index contributed by atoms with van der Waals surface area (Å²) in [7, 11) is -16.4. The highest BCUT2D eigenvalue weighted by Gasteiger charge is 2.50. The van der Waals surface area contributed by atoms with Crippen LogP contribution in [0.2, 0.25) is 0 Å². The summed E-state index contributed by atoms with van der Waals surface area (Å²) in [4.78, 5) is 87.4. The van der Waals surface area contributed by atoms with Crippen LogP contribution in [0.5, 0.6) is 0 Å². The number of phosphoric ester groups is 3. The molecule has 0 aromatic carbocycles. The fourth-order valence-electron chi connectivity index (χ4n) is 4.92. The number of nitrogen functional groups attached to an aromatic ring is 1. The zero-order chi connectivity index (χ0) is 42.2. The summed E-state index contributed by atoms with van der Waals surface area (Å²) in [5, 5.41) is 35.7. The van der Waals surface area contributed by atoms with Crippen LogP contribution >= 0.6 is 35.2 Å². The summed E-state index contributed by atoms with van der Waals surface area (Å²) >= 11 is 0.870. The molecule has 0 aliphatic carbocycles. The highest BCUT2D eigenvalue weighted by atomic mass is 32.2. The first kappa shape index (κ1) is 47.9. The van der Waals surface area contributed by atoms with Gasteiger partial charge in [0.25, 0.3) is 0 Å². The molecular weight excluding hydrogens is 835 g/mol. The van der Waals surface area contributed by atoms with Gasteiger partial charge in [0, 0.05) is 30.7 Å². The Kier molecular flexibility index (Phi) is 17.1. The predicted molar refractivity (Wildman–Crippen MR) is 193 cm³/mol. The van der Waals surface area contributed by atoms with Gasteiger partial charge in [0.1, 0.15) is 42.4 Å². The molecule has 56 heavy (non-hydrogen) atoms. The highest BCUT2D eigenvalue weighted by molar-refractivity contribution is 8.13. The van der Waals surface area contributed by atoms with E-state index in [4.69, 9.17) is 19.5 Å². The van der Waals surface area contributed by atoms with Gasteiger partial charge >= 0.3 is 23.5 Å². The van der Waals surface area contributed by atoms with Crippen molar-refractivity contribution in [2.45, 2.75) is 77.3 Å². The zero-order valence-electron chi connectivity index (χ0n) is 30.4. The smallest absolute Gasteiger partial charge is 0.386 e. The maximum absolute atomic E-state index is 12.7. The number of imidazole rings is 1. The Labute approximate surface area is 323 Å². The van der Waals surface area contributed by atoms with E-state index in [2.05, 4.69) is 34.4 Å². The first-order valence-electron chi connectivity index (χ1n) is 16.6. The second-order valence-corrected chi connectivity index (χ2v) is 18.7. The maximum Gasteiger partial charge on any atom is 0.481 e. The van der Waals surface area contributed by atoms with Crippen molar-refractivity contribution in [3.63, 3.8) is 0 Å². The molecule has 3 rings (SSSR count). The van der Waals surface area contributed by atoms with Crippen LogP contribution in [0.1, 0.15) is 46.8 Å². The van der Waals surface area contributed by atoms with Crippen LogP contribution in [0.15, 0.2) is 12.7 Å². The molecule has 3 heterocycles. The summed E-state index contributed by atoms with van der Waals surface area (Å²) in [6, 6.07) is 0. The van der Waals surface area contributed by atoms with Crippen molar-refractivity contribution in [3.8, 4) is 0 Å². The molecule has 318 valence electrons. The van der Waals surface area contributed by atoms with Crippen LogP contribution in [0, 0.1) is 11.3 Å². The molecule has 0 bridgehead atoms. The van der Waals surface area contributed by atoms with Gasteiger partial charge in [-0.3, -0.25) is 32.5 Å². The van der Waals surface area contributed by atoms with Gasteiger partial charge in [-0.25, -0.2) is 28.6 Å². The lowest BCUT2D eigenvalue weighted by Crippen LogP contribution is -2.46. The van der Waals surface area contributed by atoms with Gasteiger partial charge in [-0.1, -0.05) is 39.5 Å². The zero-order valence-corrected chi connectivity index (χ0v) is 33.9. The number of carbonyl (C=O) groups is 3. The molecule has 2 aromatic heterocycles. The molecule has 11 N–H and O–H groups in total. The minimum atomic E-state index is -5.58. The minimum Gasteiger partial charge on any atom is -0.386 e. The number of thioether (sulfide) groups is 1. The lowest BCUT2D eigenvalue weighted by Gasteiger charge is -2.30. The summed E-state index contributed by atoms with van der Waals surface area (Å²) in [5.74, 6) is -1.19. The van der Waals surface area contributed by atoms with Gasteiger partial charge in [-0.15, -0.1) is 0 Å². The lowest BCUT2D eigenvalue weighted by atomic mass is 9.87. The molecular formula is C27H46N7O18P3S. The fourth-order valence-corrected chi connectivity index (χ4v) is 8.44. The Balaban J connectivity index is 1.49. The monoisotopic (exact) mass is 881 g/mol. The van der Waals surface area contributed by atoms with E-state index >= 15 is 0 Å². The maximum atomic E-state index is 12.7. The van der Waals surface area contributed by atoms with E-state index in [1.807, 2.05) is 13.8 Å². The minimum absolute atomic E-state index is 0.0255. The van der Waals surface area contributed by atoms with Crippen molar-refractivity contribution >= 4 is 69.1 Å². The molecule has 29 heteroatoms. The molecule has 1 saturated heterocycles. The number of aliphatic hydroxyl groups is 3. The molecule has 8 atom stereocenters. The number of aliphatic hydroxyl groups excluding tert-OH is 3. The van der Waals surface area contributed by atoms with E-state index in [0.29, 0.717) is 6.42 Å². The molecule has 2 amide bonds. The standard InChI is InChI=1S/C27H46N7O18P3S/c1-14(2)9-15(35)26(40)56-8-7-29-17(36)5-6-30-24(39)21(38)27(3,4)11-49-55(46,47)52-54(44,45)48-10-16-20(51-53(41,42)43)19(37)25(50-16)34-13-33-18-22(28)31-12-32-23(18)34/h12-16,19-21,25,35,37-38H,5-11H2,1-4H3,(H,29,36)(H,30,39)(H,44,45)(H,46,47)(H2,28,31,32)(H2,41,42,43)/t15-,16-,19-,20-,21+,25-/m1/s1. The first-order chi connectivity index (χ1) is 25.8. The Morgan fingerprint density at radius 3 is 2.34 bits per heavy atom. The number of fused-ring (bicyclic) bond motifs is 1. The summed E-state index contributed by atoms with van der Waals surface area (Å²) in [5.41, 5.74) is 4.23. The molecule has 25 nitrogen and oxygen atoms in total. The summed E-state index contributed by atoms with van der Waals surface area (Å²) in [6.07, 6.45) is -7.80. The quantitative estimate of drug-likeness (QED) is 0.0504. The van der Waals surface area contributed by atoms with Gasteiger partial charge in [0.15, 0.2) is 17.7 Å². The lowest BCUT2D eigenvalue weighted by molar-refractivity contribution is -0.137. The molecule has 0 saturated carbocycles.